The van der Waals surface area contributed by atoms with Crippen molar-refractivity contribution in [2.24, 2.45) is 5.92 Å². The third-order valence-corrected chi connectivity index (χ3v) is 6.23. The van der Waals surface area contributed by atoms with E-state index in [1.165, 1.54) is 19.9 Å². The molecule has 30 heavy (non-hydrogen) atoms. The van der Waals surface area contributed by atoms with Crippen LogP contribution in [0.1, 0.15) is 48.0 Å². The second-order valence-corrected chi connectivity index (χ2v) is 8.30. The Morgan fingerprint density at radius 2 is 1.90 bits per heavy atom. The number of hydrogen-bond donors (Lipinski definition) is 1. The highest BCUT2D eigenvalue weighted by Crippen LogP contribution is 2.54. The van der Waals surface area contributed by atoms with Crippen molar-refractivity contribution >= 4 is 23.7 Å². The Balaban J connectivity index is 2.23. The van der Waals surface area contributed by atoms with Crippen molar-refractivity contribution in [3.05, 3.63) is 34.4 Å². The predicted octanol–water partition coefficient (Wildman–Crippen LogP) is 1.71. The van der Waals surface area contributed by atoms with Crippen LogP contribution in [0.3, 0.4) is 0 Å². The first kappa shape index (κ1) is 22.0. The summed E-state index contributed by atoms with van der Waals surface area (Å²) in [6.07, 6.45) is 0.785. The molecule has 5 atom stereocenters. The fourth-order valence-corrected chi connectivity index (χ4v) is 4.69. The molecule has 1 fully saturated rings. The van der Waals surface area contributed by atoms with Gasteiger partial charge >= 0.3 is 17.9 Å². The van der Waals surface area contributed by atoms with Gasteiger partial charge in [-0.05, 0) is 46.3 Å². The van der Waals surface area contributed by atoms with Crippen molar-refractivity contribution in [1.29, 1.82) is 0 Å². The zero-order valence-electron chi connectivity index (χ0n) is 17.9. The smallest absolute Gasteiger partial charge is 0.338 e. The summed E-state index contributed by atoms with van der Waals surface area (Å²) in [5, 5.41) is 11.0. The molecule has 0 unspecified atom stereocenters. The summed E-state index contributed by atoms with van der Waals surface area (Å²) in [5.74, 6) is -3.66. The van der Waals surface area contributed by atoms with Crippen LogP contribution >= 0.6 is 0 Å². The number of hydrogen-bond acceptors (Lipinski definition) is 8. The van der Waals surface area contributed by atoms with E-state index in [0.717, 1.165) is 0 Å². The second kappa shape index (κ2) is 7.19. The standard InChI is InChI=1S/C22H26O8/c1-7-10(2)19(25)28-15-8-11(3)16-14(24)9-12(4)22(16,30-13(5)23)18-17(15)21(6,27)20(26)29-18/h7,9,15,17-18,27H,8H2,1-6H3/b10-7-/t15-,17+,18+,21-,22-/m0/s1. The van der Waals surface area contributed by atoms with Gasteiger partial charge in [-0.1, -0.05) is 11.6 Å². The molecular weight excluding hydrogens is 392 g/mol. The Hall–Kier alpha value is -2.74. The van der Waals surface area contributed by atoms with Crippen LogP contribution in [0.5, 0.6) is 0 Å². The van der Waals surface area contributed by atoms with E-state index < -0.39 is 47.2 Å². The molecule has 0 aromatic carbocycles. The van der Waals surface area contributed by atoms with Crippen molar-refractivity contribution in [1.82, 2.24) is 0 Å². The SMILES string of the molecule is C/C=C(/C)C(=O)O[C@H]1CC(C)=C2C(=O)C=C(C)[C@@]2(OC(C)=O)[C@@H]2OC(=O)[C@@](C)(O)[C@H]12. The van der Waals surface area contributed by atoms with Gasteiger partial charge in [-0.25, -0.2) is 9.59 Å². The second-order valence-electron chi connectivity index (χ2n) is 8.30. The minimum Gasteiger partial charge on any atom is -0.458 e. The van der Waals surface area contributed by atoms with E-state index in [1.54, 1.807) is 33.8 Å². The number of rotatable bonds is 3. The average Bonchev–Trinajstić information content (AvgIpc) is 2.98. The number of aliphatic hydroxyl groups is 1. The Bertz CT molecular complexity index is 935. The Morgan fingerprint density at radius 1 is 1.27 bits per heavy atom. The van der Waals surface area contributed by atoms with Gasteiger partial charge in [0.25, 0.3) is 0 Å². The number of ether oxygens (including phenoxy) is 3. The number of allylic oxidation sites excluding steroid dienone is 2. The Morgan fingerprint density at radius 3 is 2.47 bits per heavy atom. The van der Waals surface area contributed by atoms with Gasteiger partial charge in [0.05, 0.1) is 11.5 Å². The van der Waals surface area contributed by atoms with Crippen molar-refractivity contribution in [2.45, 2.75) is 71.4 Å². The van der Waals surface area contributed by atoms with E-state index in [9.17, 15) is 24.3 Å². The maximum Gasteiger partial charge on any atom is 0.338 e. The largest absolute Gasteiger partial charge is 0.458 e. The fourth-order valence-electron chi connectivity index (χ4n) is 4.69. The molecule has 162 valence electrons. The number of fused-ring (bicyclic) bond motifs is 3. The third kappa shape index (κ3) is 3.01. The van der Waals surface area contributed by atoms with Gasteiger partial charge in [0.2, 0.25) is 0 Å². The molecule has 3 aliphatic rings. The fraction of sp³-hybridized carbons (Fsp3) is 0.545. The van der Waals surface area contributed by atoms with Crippen LogP contribution in [-0.4, -0.2) is 52.2 Å². The highest BCUT2D eigenvalue weighted by atomic mass is 16.6. The lowest BCUT2D eigenvalue weighted by atomic mass is 9.74. The van der Waals surface area contributed by atoms with Crippen molar-refractivity contribution in [3.63, 3.8) is 0 Å². The molecule has 1 heterocycles. The highest BCUT2D eigenvalue weighted by molar-refractivity contribution is 6.11. The van der Waals surface area contributed by atoms with Gasteiger partial charge in [0.1, 0.15) is 6.10 Å². The van der Waals surface area contributed by atoms with E-state index in [1.807, 2.05) is 0 Å². The number of carbonyl (C=O) groups is 4. The highest BCUT2D eigenvalue weighted by Gasteiger charge is 2.69. The maximum atomic E-state index is 12.8. The monoisotopic (exact) mass is 418 g/mol. The minimum absolute atomic E-state index is 0.0713. The van der Waals surface area contributed by atoms with Gasteiger partial charge in [-0.3, -0.25) is 9.59 Å². The lowest BCUT2D eigenvalue weighted by molar-refractivity contribution is -0.171. The summed E-state index contributed by atoms with van der Waals surface area (Å²) in [4.78, 5) is 50.0. The molecule has 1 aliphatic heterocycles. The van der Waals surface area contributed by atoms with Crippen molar-refractivity contribution in [2.75, 3.05) is 0 Å². The van der Waals surface area contributed by atoms with E-state index in [0.29, 0.717) is 16.7 Å². The van der Waals surface area contributed by atoms with E-state index in [4.69, 9.17) is 14.2 Å². The van der Waals surface area contributed by atoms with Crippen molar-refractivity contribution < 1.29 is 38.5 Å². The average molecular weight is 418 g/mol. The first-order valence-electron chi connectivity index (χ1n) is 9.78. The quantitative estimate of drug-likeness (QED) is 0.418. The topological polar surface area (TPSA) is 116 Å². The number of esters is 3. The lowest BCUT2D eigenvalue weighted by Crippen LogP contribution is -2.55. The molecule has 1 N–H and O–H groups in total. The van der Waals surface area contributed by atoms with Gasteiger partial charge in [0.15, 0.2) is 23.1 Å². The molecular formula is C22H26O8. The van der Waals surface area contributed by atoms with E-state index in [2.05, 4.69) is 0 Å². The van der Waals surface area contributed by atoms with Gasteiger partial charge in [-0.2, -0.15) is 0 Å². The zero-order valence-corrected chi connectivity index (χ0v) is 17.9. The summed E-state index contributed by atoms with van der Waals surface area (Å²) in [5.41, 5.74) is -2.25. The van der Waals surface area contributed by atoms with Crippen LogP contribution in [-0.2, 0) is 33.4 Å². The molecule has 1 saturated heterocycles. The predicted molar refractivity (Wildman–Crippen MR) is 104 cm³/mol. The Labute approximate surface area is 174 Å². The summed E-state index contributed by atoms with van der Waals surface area (Å²) in [6, 6.07) is 0. The van der Waals surface area contributed by atoms with Crippen LogP contribution < -0.4 is 0 Å². The lowest BCUT2D eigenvalue weighted by Gasteiger charge is -2.39. The van der Waals surface area contributed by atoms with Crippen LogP contribution in [0.25, 0.3) is 0 Å². The van der Waals surface area contributed by atoms with Gasteiger partial charge < -0.3 is 19.3 Å². The molecule has 0 aromatic heterocycles. The normalized spacial score (nSPS) is 35.9. The molecule has 0 radical (unpaired) electrons. The van der Waals surface area contributed by atoms with Crippen LogP contribution in [0.2, 0.25) is 0 Å². The summed E-state index contributed by atoms with van der Waals surface area (Å²) in [6.45, 7) is 9.03. The van der Waals surface area contributed by atoms with Crippen LogP contribution in [0, 0.1) is 5.92 Å². The van der Waals surface area contributed by atoms with Crippen LogP contribution in [0.15, 0.2) is 34.4 Å². The molecule has 0 aromatic rings. The Kier molecular flexibility index (Phi) is 5.27. The number of carbonyl (C=O) groups excluding carboxylic acids is 4. The first-order chi connectivity index (χ1) is 13.9. The van der Waals surface area contributed by atoms with Gasteiger partial charge in [-0.15, -0.1) is 0 Å². The summed E-state index contributed by atoms with van der Waals surface area (Å²) < 4.78 is 16.9. The zero-order chi connectivity index (χ0) is 22.6. The first-order valence-corrected chi connectivity index (χ1v) is 9.78. The molecule has 8 nitrogen and oxygen atoms in total. The summed E-state index contributed by atoms with van der Waals surface area (Å²) in [7, 11) is 0. The molecule has 0 amide bonds. The maximum absolute atomic E-state index is 12.8. The molecule has 0 spiro atoms. The molecule has 2 aliphatic carbocycles. The molecule has 0 saturated carbocycles. The number of ketones is 1. The molecule has 0 bridgehead atoms. The minimum atomic E-state index is -2.02. The third-order valence-electron chi connectivity index (χ3n) is 6.23. The summed E-state index contributed by atoms with van der Waals surface area (Å²) >= 11 is 0. The van der Waals surface area contributed by atoms with E-state index in [-0.39, 0.29) is 17.8 Å². The van der Waals surface area contributed by atoms with Gasteiger partial charge in [0, 0.05) is 18.9 Å². The molecule has 8 heteroatoms. The molecule has 3 rings (SSSR count). The van der Waals surface area contributed by atoms with Crippen LogP contribution in [0.4, 0.5) is 0 Å². The van der Waals surface area contributed by atoms with E-state index >= 15 is 0 Å². The van der Waals surface area contributed by atoms with Crippen molar-refractivity contribution in [3.8, 4) is 0 Å².